The number of hydrogen-bond acceptors (Lipinski definition) is 6. The summed E-state index contributed by atoms with van der Waals surface area (Å²) in [6, 6.07) is 56.4. The second kappa shape index (κ2) is 20.2. The molecule has 8 rings (SSSR count). The zero-order valence-corrected chi connectivity index (χ0v) is 37.3. The van der Waals surface area contributed by atoms with E-state index in [0.717, 1.165) is 55.3 Å². The highest BCUT2D eigenvalue weighted by molar-refractivity contribution is 5.94. The molecule has 1 aliphatic carbocycles. The van der Waals surface area contributed by atoms with Gasteiger partial charge in [0.1, 0.15) is 11.6 Å². The molecule has 0 aliphatic heterocycles. The average Bonchev–Trinajstić information content (AvgIpc) is 3.68. The highest BCUT2D eigenvalue weighted by atomic mass is 16.7. The summed E-state index contributed by atoms with van der Waals surface area (Å²) in [6.07, 6.45) is -1.99. The molecule has 0 saturated carbocycles. The van der Waals surface area contributed by atoms with Crippen LogP contribution in [0.5, 0.6) is 0 Å². The lowest BCUT2D eigenvalue weighted by molar-refractivity contribution is -0.181. The summed E-state index contributed by atoms with van der Waals surface area (Å²) in [5, 5.41) is 5.46. The molecule has 0 bridgehead atoms. The lowest BCUT2D eigenvalue weighted by Crippen LogP contribution is -2.58. The quantitative estimate of drug-likeness (QED) is 0.0723. The van der Waals surface area contributed by atoms with Crippen LogP contribution in [0.3, 0.4) is 0 Å². The molecular formula is C56H55N3O6. The van der Waals surface area contributed by atoms with E-state index in [1.807, 2.05) is 203 Å². The van der Waals surface area contributed by atoms with Crippen LogP contribution in [0.1, 0.15) is 66.6 Å². The Morgan fingerprint density at radius 1 is 0.615 bits per heavy atom. The summed E-state index contributed by atoms with van der Waals surface area (Å²) in [7, 11) is 1.31. The van der Waals surface area contributed by atoms with Crippen LogP contribution in [-0.2, 0) is 35.9 Å². The summed E-state index contributed by atoms with van der Waals surface area (Å²) < 4.78 is 18.0. The van der Waals surface area contributed by atoms with E-state index in [2.05, 4.69) is 5.32 Å². The number of carbonyl (C=O) groups excluding carboxylic acids is 3. The Hall–Kier alpha value is -7.07. The first-order valence-corrected chi connectivity index (χ1v) is 22.3. The van der Waals surface area contributed by atoms with Crippen molar-refractivity contribution in [3.63, 3.8) is 0 Å². The summed E-state index contributed by atoms with van der Waals surface area (Å²) >= 11 is 0. The van der Waals surface area contributed by atoms with Crippen molar-refractivity contribution in [2.75, 3.05) is 20.3 Å². The van der Waals surface area contributed by atoms with Crippen LogP contribution in [-0.4, -0.2) is 66.4 Å². The molecule has 7 aromatic rings. The zero-order valence-electron chi connectivity index (χ0n) is 37.3. The third kappa shape index (κ3) is 8.90. The molecule has 7 aromatic carbocycles. The molecule has 9 heteroatoms. The first kappa shape index (κ1) is 44.5. The summed E-state index contributed by atoms with van der Waals surface area (Å²) in [5.41, 5.74) is 5.65. The standard InChI is InChI=1S/C56H55N3O6/c1-5-64-54(65-6-2)39(3)58(38-41-25-22-24-40-23-16-17-32-45(40)41)53(61)50(59(55(62)63-4)52-48-35-20-18-33-46(48)47-34-19-21-36-49(47)52)37-51(60)57-56(42-26-10-7-11-27-42,43-28-12-8-13-29-43)44-30-14-9-15-31-44/h7-36,39,50,52,54H,5-6,37-38H2,1-4H3,(H,57,60)/t39-,50-/m0/s1. The molecule has 0 unspecified atom stereocenters. The van der Waals surface area contributed by atoms with Crippen molar-refractivity contribution in [3.05, 3.63) is 215 Å². The molecule has 3 amide bonds. The third-order valence-corrected chi connectivity index (χ3v) is 12.5. The number of carbonyl (C=O) groups is 3. The first-order chi connectivity index (χ1) is 31.8. The molecule has 0 saturated heterocycles. The van der Waals surface area contributed by atoms with Gasteiger partial charge in [-0.15, -0.1) is 0 Å². The maximum Gasteiger partial charge on any atom is 0.410 e. The van der Waals surface area contributed by atoms with Gasteiger partial charge in [0.2, 0.25) is 11.8 Å². The van der Waals surface area contributed by atoms with Crippen molar-refractivity contribution < 1.29 is 28.6 Å². The van der Waals surface area contributed by atoms with Crippen molar-refractivity contribution in [2.24, 2.45) is 0 Å². The number of nitrogens with one attached hydrogen (secondary N) is 1. The number of ether oxygens (including phenoxy) is 3. The van der Waals surface area contributed by atoms with E-state index < -0.39 is 54.3 Å². The monoisotopic (exact) mass is 865 g/mol. The molecule has 1 aliphatic rings. The highest BCUT2D eigenvalue weighted by Gasteiger charge is 2.47. The van der Waals surface area contributed by atoms with E-state index in [-0.39, 0.29) is 6.54 Å². The van der Waals surface area contributed by atoms with Gasteiger partial charge in [0.25, 0.3) is 0 Å². The zero-order chi connectivity index (χ0) is 45.3. The van der Waals surface area contributed by atoms with Crippen LogP contribution >= 0.6 is 0 Å². The molecular weight excluding hydrogens is 811 g/mol. The number of amides is 3. The molecule has 1 N–H and O–H groups in total. The lowest BCUT2D eigenvalue weighted by Gasteiger charge is -2.42. The van der Waals surface area contributed by atoms with Crippen LogP contribution in [0.15, 0.2) is 182 Å². The molecule has 0 radical (unpaired) electrons. The van der Waals surface area contributed by atoms with Crippen LogP contribution in [0, 0.1) is 0 Å². The van der Waals surface area contributed by atoms with Crippen molar-refractivity contribution >= 4 is 28.7 Å². The number of nitrogens with zero attached hydrogens (tertiary/aromatic N) is 2. The Kier molecular flexibility index (Phi) is 13.8. The molecule has 9 nitrogen and oxygen atoms in total. The van der Waals surface area contributed by atoms with Crippen LogP contribution < -0.4 is 5.32 Å². The van der Waals surface area contributed by atoms with Crippen molar-refractivity contribution in [2.45, 2.75) is 63.7 Å². The molecule has 0 heterocycles. The van der Waals surface area contributed by atoms with Gasteiger partial charge in [-0.2, -0.15) is 0 Å². The van der Waals surface area contributed by atoms with Crippen molar-refractivity contribution in [1.29, 1.82) is 0 Å². The average molecular weight is 866 g/mol. The smallest absolute Gasteiger partial charge is 0.410 e. The fourth-order valence-electron chi connectivity index (χ4n) is 9.50. The number of methoxy groups -OCH3 is 1. The Balaban J connectivity index is 1.32. The third-order valence-electron chi connectivity index (χ3n) is 12.5. The van der Waals surface area contributed by atoms with Crippen molar-refractivity contribution in [3.8, 4) is 11.1 Å². The first-order valence-electron chi connectivity index (χ1n) is 22.3. The van der Waals surface area contributed by atoms with Gasteiger partial charge in [-0.1, -0.05) is 182 Å². The predicted octanol–water partition coefficient (Wildman–Crippen LogP) is 10.7. The largest absolute Gasteiger partial charge is 0.453 e. The second-order valence-electron chi connectivity index (χ2n) is 16.2. The molecule has 2 atom stereocenters. The van der Waals surface area contributed by atoms with Gasteiger partial charge >= 0.3 is 6.09 Å². The van der Waals surface area contributed by atoms with Crippen LogP contribution in [0.4, 0.5) is 4.79 Å². The fourth-order valence-corrected chi connectivity index (χ4v) is 9.50. The normalized spacial score (nSPS) is 13.1. The summed E-state index contributed by atoms with van der Waals surface area (Å²) in [4.78, 5) is 49.8. The van der Waals surface area contributed by atoms with Crippen LogP contribution in [0.2, 0.25) is 0 Å². The minimum Gasteiger partial charge on any atom is -0.453 e. The van der Waals surface area contributed by atoms with E-state index in [4.69, 9.17) is 14.2 Å². The number of rotatable bonds is 17. The van der Waals surface area contributed by atoms with Gasteiger partial charge in [-0.3, -0.25) is 14.5 Å². The van der Waals surface area contributed by atoms with Crippen LogP contribution in [0.25, 0.3) is 21.9 Å². The minimum atomic E-state index is -1.40. The molecule has 0 spiro atoms. The number of fused-ring (bicyclic) bond motifs is 4. The summed E-state index contributed by atoms with van der Waals surface area (Å²) in [5.74, 6) is -0.931. The van der Waals surface area contributed by atoms with Gasteiger partial charge < -0.3 is 24.4 Å². The SMILES string of the molecule is CCOC(OCC)[C@H](C)N(Cc1cccc2ccccc12)C(=O)[C@H](CC(=O)NC(c1ccccc1)(c1ccccc1)c1ccccc1)N(C(=O)OC)C1c2ccccc2-c2ccccc21. The van der Waals surface area contributed by atoms with Gasteiger partial charge in [-0.25, -0.2) is 4.79 Å². The second-order valence-corrected chi connectivity index (χ2v) is 16.2. The maximum atomic E-state index is 16.3. The molecule has 330 valence electrons. The van der Waals surface area contributed by atoms with Gasteiger partial charge in [-0.05, 0) is 76.1 Å². The topological polar surface area (TPSA) is 97.4 Å². The van der Waals surface area contributed by atoms with E-state index in [0.29, 0.717) is 13.2 Å². The van der Waals surface area contributed by atoms with E-state index in [1.165, 1.54) is 12.0 Å². The molecule has 0 aromatic heterocycles. The predicted molar refractivity (Wildman–Crippen MR) is 255 cm³/mol. The highest BCUT2D eigenvalue weighted by Crippen LogP contribution is 2.48. The Morgan fingerprint density at radius 2 is 1.09 bits per heavy atom. The Morgan fingerprint density at radius 3 is 1.62 bits per heavy atom. The molecule has 0 fully saturated rings. The maximum absolute atomic E-state index is 16.3. The van der Waals surface area contributed by atoms with E-state index in [1.54, 1.807) is 4.90 Å². The molecule has 65 heavy (non-hydrogen) atoms. The Bertz CT molecular complexity index is 2570. The van der Waals surface area contributed by atoms with Gasteiger partial charge in [0, 0.05) is 19.8 Å². The van der Waals surface area contributed by atoms with Gasteiger partial charge in [0.05, 0.1) is 25.6 Å². The minimum absolute atomic E-state index is 0.130. The number of benzene rings is 7. The lowest BCUT2D eigenvalue weighted by atomic mass is 9.77. The summed E-state index contributed by atoms with van der Waals surface area (Å²) in [6.45, 7) is 6.46. The van der Waals surface area contributed by atoms with Gasteiger partial charge in [0.15, 0.2) is 6.29 Å². The van der Waals surface area contributed by atoms with E-state index >= 15 is 9.59 Å². The fraction of sp³-hybridized carbons (Fsp3) is 0.232. The van der Waals surface area contributed by atoms with Crippen molar-refractivity contribution in [1.82, 2.24) is 15.1 Å². The number of hydrogen-bond donors (Lipinski definition) is 1. The van der Waals surface area contributed by atoms with E-state index in [9.17, 15) is 4.79 Å². The Labute approximate surface area is 381 Å².